The fraction of sp³-hybridized carbons (Fsp3) is 0.0250. The van der Waals surface area contributed by atoms with Crippen LogP contribution in [-0.4, -0.2) is 0 Å². The predicted molar refractivity (Wildman–Crippen MR) is 338 cm³/mol. The van der Waals surface area contributed by atoms with E-state index in [1.54, 1.807) is 0 Å². The van der Waals surface area contributed by atoms with Crippen LogP contribution >= 0.6 is 0 Å². The van der Waals surface area contributed by atoms with E-state index >= 15 is 0 Å². The van der Waals surface area contributed by atoms with E-state index in [2.05, 4.69) is 314 Å². The molecule has 83 heavy (non-hydrogen) atoms. The summed E-state index contributed by atoms with van der Waals surface area (Å²) in [6, 6.07) is 113. The molecule has 0 saturated carbocycles. The van der Waals surface area contributed by atoms with Crippen LogP contribution in [0.25, 0.3) is 66.8 Å². The van der Waals surface area contributed by atoms with Crippen molar-refractivity contribution < 1.29 is 9.47 Å². The number of para-hydroxylation sites is 6. The van der Waals surface area contributed by atoms with Crippen molar-refractivity contribution >= 4 is 17.1 Å². The summed E-state index contributed by atoms with van der Waals surface area (Å²) in [5, 5.41) is 0. The molecule has 2 heterocycles. The monoisotopic (exact) mass is 1060 g/mol. The summed E-state index contributed by atoms with van der Waals surface area (Å²) >= 11 is 0. The average Bonchev–Trinajstić information content (AvgIpc) is 1.79. The summed E-state index contributed by atoms with van der Waals surface area (Å²) < 4.78 is 13.4. The highest BCUT2D eigenvalue weighted by Gasteiger charge is 2.52. The molecule has 388 valence electrons. The number of benzene rings is 13. The van der Waals surface area contributed by atoms with E-state index in [0.29, 0.717) is 0 Å². The number of hydrogen-bond acceptors (Lipinski definition) is 3. The second-order valence-electron chi connectivity index (χ2n) is 22.2. The van der Waals surface area contributed by atoms with Crippen molar-refractivity contribution in [2.24, 2.45) is 0 Å². The molecule has 0 saturated heterocycles. The van der Waals surface area contributed by atoms with Crippen molar-refractivity contribution in [3.8, 4) is 89.8 Å². The lowest BCUT2D eigenvalue weighted by Crippen LogP contribution is -2.32. The summed E-state index contributed by atoms with van der Waals surface area (Å²) in [5.41, 5.74) is 25.9. The molecule has 2 aliphatic heterocycles. The van der Waals surface area contributed by atoms with Crippen LogP contribution in [0, 0.1) is 0 Å². The Bertz CT molecular complexity index is 4430. The van der Waals surface area contributed by atoms with Gasteiger partial charge in [0.2, 0.25) is 0 Å². The van der Waals surface area contributed by atoms with Crippen LogP contribution in [0.15, 0.2) is 309 Å². The largest absolute Gasteiger partial charge is 0.457 e. The summed E-state index contributed by atoms with van der Waals surface area (Å²) in [5.74, 6) is 3.55. The van der Waals surface area contributed by atoms with Crippen molar-refractivity contribution in [1.82, 2.24) is 0 Å². The molecule has 0 amide bonds. The van der Waals surface area contributed by atoms with E-state index in [4.69, 9.17) is 9.47 Å². The maximum atomic E-state index is 6.69. The summed E-state index contributed by atoms with van der Waals surface area (Å²) in [7, 11) is 0. The summed E-state index contributed by atoms with van der Waals surface area (Å²) in [4.78, 5) is 2.48. The van der Waals surface area contributed by atoms with Crippen molar-refractivity contribution in [2.75, 3.05) is 4.90 Å². The van der Waals surface area contributed by atoms with Gasteiger partial charge in [0.05, 0.1) is 22.2 Å². The molecule has 0 unspecified atom stereocenters. The quantitative estimate of drug-likeness (QED) is 0.159. The lowest BCUT2D eigenvalue weighted by molar-refractivity contribution is 0.436. The predicted octanol–water partition coefficient (Wildman–Crippen LogP) is 20.8. The van der Waals surface area contributed by atoms with Crippen LogP contribution in [0.1, 0.15) is 44.5 Å². The molecule has 0 aromatic heterocycles. The SMILES string of the molecule is c1ccc(-c2cccc(-c3ccc(N(c4ccccc4-c4ccc5c(c4)-c4ccccc4C54c5ccccc5Oc5ccccc54)c4ccccc4-c4ccc5c(c4)-c4ccccc4C54c5ccccc5Oc5ccccc54)cc3)c2)cc1. The fourth-order valence-electron chi connectivity index (χ4n) is 14.6. The molecule has 0 radical (unpaired) electrons. The van der Waals surface area contributed by atoms with Crippen LogP contribution in [0.5, 0.6) is 23.0 Å². The molecule has 0 N–H and O–H groups in total. The molecule has 2 aliphatic carbocycles. The number of ether oxygens (including phenoxy) is 2. The van der Waals surface area contributed by atoms with Gasteiger partial charge in [0.1, 0.15) is 23.0 Å². The zero-order valence-electron chi connectivity index (χ0n) is 45.2. The third kappa shape index (κ3) is 6.86. The Balaban J connectivity index is 0.854. The molecule has 0 atom stereocenters. The normalized spacial score (nSPS) is 13.7. The molecular weight excluding hydrogens is 1010 g/mol. The van der Waals surface area contributed by atoms with E-state index in [0.717, 1.165) is 90.1 Å². The van der Waals surface area contributed by atoms with Gasteiger partial charge in [-0.2, -0.15) is 0 Å². The maximum absolute atomic E-state index is 6.69. The highest BCUT2D eigenvalue weighted by Crippen LogP contribution is 2.64. The van der Waals surface area contributed by atoms with Crippen LogP contribution < -0.4 is 14.4 Å². The summed E-state index contributed by atoms with van der Waals surface area (Å²) in [6.45, 7) is 0. The van der Waals surface area contributed by atoms with Gasteiger partial charge in [-0.15, -0.1) is 0 Å². The van der Waals surface area contributed by atoms with Gasteiger partial charge in [0.25, 0.3) is 0 Å². The van der Waals surface area contributed by atoms with Gasteiger partial charge in [-0.05, 0) is 145 Å². The van der Waals surface area contributed by atoms with E-state index < -0.39 is 10.8 Å². The van der Waals surface area contributed by atoms with E-state index in [-0.39, 0.29) is 0 Å². The lowest BCUT2D eigenvalue weighted by atomic mass is 9.66. The molecular formula is C80H51NO2. The first kappa shape index (κ1) is 47.1. The van der Waals surface area contributed by atoms with Crippen LogP contribution in [0.2, 0.25) is 0 Å². The second-order valence-corrected chi connectivity index (χ2v) is 22.2. The average molecular weight is 1060 g/mol. The molecule has 3 nitrogen and oxygen atoms in total. The molecule has 3 heteroatoms. The number of fused-ring (bicyclic) bond motifs is 18. The Labute approximate surface area is 483 Å². The van der Waals surface area contributed by atoms with Gasteiger partial charge in [0, 0.05) is 39.1 Å². The Kier molecular flexibility index (Phi) is 10.4. The Morgan fingerprint density at radius 3 is 0.976 bits per heavy atom. The number of rotatable bonds is 7. The van der Waals surface area contributed by atoms with Crippen LogP contribution in [0.3, 0.4) is 0 Å². The molecule has 13 aromatic carbocycles. The summed E-state index contributed by atoms with van der Waals surface area (Å²) in [6.07, 6.45) is 0. The van der Waals surface area contributed by atoms with Crippen LogP contribution in [-0.2, 0) is 10.8 Å². The lowest BCUT2D eigenvalue weighted by Gasteiger charge is -2.39. The highest BCUT2D eigenvalue weighted by molar-refractivity contribution is 5.98. The van der Waals surface area contributed by atoms with Gasteiger partial charge < -0.3 is 14.4 Å². The van der Waals surface area contributed by atoms with Crippen molar-refractivity contribution in [3.63, 3.8) is 0 Å². The minimum atomic E-state index is -0.559. The molecule has 4 aliphatic rings. The molecule has 2 spiro atoms. The zero-order chi connectivity index (χ0) is 54.6. The van der Waals surface area contributed by atoms with E-state index in [1.807, 2.05) is 0 Å². The van der Waals surface area contributed by atoms with Gasteiger partial charge in [-0.1, -0.05) is 243 Å². The van der Waals surface area contributed by atoms with Gasteiger partial charge in [-0.25, -0.2) is 0 Å². The fourth-order valence-corrected chi connectivity index (χ4v) is 14.6. The smallest absolute Gasteiger partial charge is 0.132 e. The Hall–Kier alpha value is -10.7. The van der Waals surface area contributed by atoms with E-state index in [9.17, 15) is 0 Å². The van der Waals surface area contributed by atoms with Crippen molar-refractivity contribution in [2.45, 2.75) is 10.8 Å². The molecule has 17 rings (SSSR count). The number of hydrogen-bond donors (Lipinski definition) is 0. The topological polar surface area (TPSA) is 21.7 Å². The van der Waals surface area contributed by atoms with E-state index in [1.165, 1.54) is 61.2 Å². The zero-order valence-corrected chi connectivity index (χ0v) is 45.2. The van der Waals surface area contributed by atoms with Gasteiger partial charge in [-0.3, -0.25) is 0 Å². The first-order chi connectivity index (χ1) is 41.2. The van der Waals surface area contributed by atoms with Gasteiger partial charge in [0.15, 0.2) is 0 Å². The number of anilines is 3. The Morgan fingerprint density at radius 2 is 0.530 bits per heavy atom. The molecule has 0 bridgehead atoms. The maximum Gasteiger partial charge on any atom is 0.132 e. The first-order valence-corrected chi connectivity index (χ1v) is 28.6. The third-order valence-corrected chi connectivity index (χ3v) is 18.0. The van der Waals surface area contributed by atoms with Crippen LogP contribution in [0.4, 0.5) is 17.1 Å². The molecule has 0 fully saturated rings. The molecule has 13 aromatic rings. The second kappa shape index (κ2) is 18.4. The van der Waals surface area contributed by atoms with Gasteiger partial charge >= 0.3 is 0 Å². The minimum absolute atomic E-state index is 0.559. The van der Waals surface area contributed by atoms with Crippen molar-refractivity contribution in [3.05, 3.63) is 354 Å². The standard InChI is InChI=1S/C80H51NO2/c1-2-21-52(22-3-1)54-23-20-24-55(49-54)53-41-45-58(46-42-53)81(73-35-14-6-25-59(73)56-43-47-67-63(50-56)61-27-4-8-29-65(61)79(67)69-31-10-16-37-75(69)82-76-38-17-11-32-70(76)79)74-36-15-7-26-60(74)57-44-48-68-64(51-57)62-28-5-9-30-66(62)80(68)71-33-12-18-39-77(71)83-78-40-19-13-34-72(78)80/h1-51H. The highest BCUT2D eigenvalue weighted by atomic mass is 16.5. The van der Waals surface area contributed by atoms with Crippen molar-refractivity contribution in [1.29, 1.82) is 0 Å². The Morgan fingerprint density at radius 1 is 0.205 bits per heavy atom. The first-order valence-electron chi connectivity index (χ1n) is 28.6. The number of nitrogens with zero attached hydrogens (tertiary/aromatic N) is 1. The minimum Gasteiger partial charge on any atom is -0.457 e. The third-order valence-electron chi connectivity index (χ3n) is 18.0.